The molecule has 0 spiro atoms. The topological polar surface area (TPSA) is 0 Å². The van der Waals surface area contributed by atoms with Crippen molar-refractivity contribution < 1.29 is 0 Å². The lowest BCUT2D eigenvalue weighted by atomic mass is 9.68. The van der Waals surface area contributed by atoms with Gasteiger partial charge in [0.15, 0.2) is 0 Å². The van der Waals surface area contributed by atoms with Crippen LogP contribution in [0.5, 0.6) is 0 Å². The van der Waals surface area contributed by atoms with Crippen LogP contribution in [-0.4, -0.2) is 0 Å². The third kappa shape index (κ3) is 5.72. The summed E-state index contributed by atoms with van der Waals surface area (Å²) >= 11 is 0. The fraction of sp³-hybridized carbons (Fsp3) is 0.571. The molecule has 0 aliphatic heterocycles. The molecule has 0 unspecified atom stereocenters. The Kier molecular flexibility index (Phi) is 7.77. The van der Waals surface area contributed by atoms with Gasteiger partial charge in [-0.15, -0.1) is 6.58 Å². The molecule has 3 aliphatic carbocycles. The Morgan fingerprint density at radius 1 is 0.750 bits per heavy atom. The van der Waals surface area contributed by atoms with Crippen LogP contribution in [0.1, 0.15) is 75.8 Å². The van der Waals surface area contributed by atoms with Gasteiger partial charge in [-0.2, -0.15) is 0 Å². The van der Waals surface area contributed by atoms with Gasteiger partial charge in [-0.25, -0.2) is 0 Å². The van der Waals surface area contributed by atoms with Gasteiger partial charge in [-0.3, -0.25) is 0 Å². The molecule has 0 radical (unpaired) electrons. The highest BCUT2D eigenvalue weighted by Gasteiger charge is 2.31. The molecular weight excluding hydrogens is 336 g/mol. The van der Waals surface area contributed by atoms with Gasteiger partial charge in [-0.05, 0) is 113 Å². The molecule has 2 fully saturated rings. The van der Waals surface area contributed by atoms with Crippen molar-refractivity contribution in [3.8, 4) is 0 Å². The number of hydrogen-bond donors (Lipinski definition) is 0. The SMILES string of the molecule is C=CC1CCC(C2CCC(C3=CC=C(C)C3)CC2)CC1.Cc1ccccc1C. The van der Waals surface area contributed by atoms with E-state index in [1.165, 1.54) is 68.9 Å². The second-order valence-electron chi connectivity index (χ2n) is 9.54. The monoisotopic (exact) mass is 376 g/mol. The van der Waals surface area contributed by atoms with Crippen molar-refractivity contribution in [2.24, 2.45) is 23.7 Å². The molecule has 28 heavy (non-hydrogen) atoms. The van der Waals surface area contributed by atoms with E-state index in [1.807, 2.05) is 0 Å². The summed E-state index contributed by atoms with van der Waals surface area (Å²) in [6.07, 6.45) is 19.8. The van der Waals surface area contributed by atoms with Crippen LogP contribution in [0.25, 0.3) is 0 Å². The fourth-order valence-electron chi connectivity index (χ4n) is 5.45. The van der Waals surface area contributed by atoms with E-state index in [4.69, 9.17) is 0 Å². The highest BCUT2D eigenvalue weighted by molar-refractivity contribution is 5.31. The normalized spacial score (nSPS) is 30.0. The van der Waals surface area contributed by atoms with Gasteiger partial charge in [0.2, 0.25) is 0 Å². The maximum Gasteiger partial charge on any atom is -0.0102 e. The predicted octanol–water partition coefficient (Wildman–Crippen LogP) is 8.37. The summed E-state index contributed by atoms with van der Waals surface area (Å²) in [6.45, 7) is 10.5. The molecule has 0 atom stereocenters. The van der Waals surface area contributed by atoms with E-state index in [1.54, 1.807) is 11.1 Å². The van der Waals surface area contributed by atoms with Crippen molar-refractivity contribution in [1.82, 2.24) is 0 Å². The summed E-state index contributed by atoms with van der Waals surface area (Å²) in [5.41, 5.74) is 6.03. The molecule has 152 valence electrons. The van der Waals surface area contributed by atoms with Crippen LogP contribution >= 0.6 is 0 Å². The van der Waals surface area contributed by atoms with E-state index in [0.717, 1.165) is 23.7 Å². The molecule has 0 aromatic heterocycles. The average Bonchev–Trinajstić information content (AvgIpc) is 3.17. The van der Waals surface area contributed by atoms with Gasteiger partial charge >= 0.3 is 0 Å². The minimum Gasteiger partial charge on any atom is -0.103 e. The number of allylic oxidation sites excluding steroid dienone is 5. The average molecular weight is 377 g/mol. The summed E-state index contributed by atoms with van der Waals surface area (Å²) < 4.78 is 0. The molecule has 0 heteroatoms. The third-order valence-corrected chi connectivity index (χ3v) is 7.60. The van der Waals surface area contributed by atoms with Crippen molar-refractivity contribution in [1.29, 1.82) is 0 Å². The number of aryl methyl sites for hydroxylation is 2. The standard InChI is InChI=1S/C20H30.C8H10/c1-3-16-5-8-17(9-6-16)18-10-12-19(13-11-18)20-7-4-15(2)14-20;1-7-5-3-4-6-8(7)2/h3-4,7,16-19H,1,5-6,8-14H2,2H3;3-6H,1-2H3. The fourth-order valence-corrected chi connectivity index (χ4v) is 5.45. The molecule has 1 aromatic carbocycles. The van der Waals surface area contributed by atoms with Gasteiger partial charge in [0.05, 0.1) is 0 Å². The highest BCUT2D eigenvalue weighted by atomic mass is 14.4. The first-order valence-electron chi connectivity index (χ1n) is 11.6. The first-order valence-corrected chi connectivity index (χ1v) is 11.6. The maximum absolute atomic E-state index is 3.97. The second-order valence-corrected chi connectivity index (χ2v) is 9.54. The van der Waals surface area contributed by atoms with E-state index in [0.29, 0.717) is 0 Å². The molecule has 1 aromatic rings. The lowest BCUT2D eigenvalue weighted by Gasteiger charge is -2.37. The lowest BCUT2D eigenvalue weighted by molar-refractivity contribution is 0.163. The first kappa shape index (κ1) is 21.2. The number of benzene rings is 1. The molecule has 4 rings (SSSR count). The molecule has 0 heterocycles. The summed E-state index contributed by atoms with van der Waals surface area (Å²) in [6, 6.07) is 8.36. The predicted molar refractivity (Wildman–Crippen MR) is 123 cm³/mol. The first-order chi connectivity index (χ1) is 13.6. The Balaban J connectivity index is 0.000000236. The Morgan fingerprint density at radius 2 is 1.29 bits per heavy atom. The minimum atomic E-state index is 0.820. The van der Waals surface area contributed by atoms with Crippen LogP contribution < -0.4 is 0 Å². The van der Waals surface area contributed by atoms with E-state index >= 15 is 0 Å². The Bertz CT molecular complexity index is 668. The minimum absolute atomic E-state index is 0.820. The van der Waals surface area contributed by atoms with Gasteiger partial charge < -0.3 is 0 Å². The van der Waals surface area contributed by atoms with Crippen LogP contribution in [0.15, 0.2) is 60.2 Å². The van der Waals surface area contributed by atoms with Crippen LogP contribution in [0.4, 0.5) is 0 Å². The van der Waals surface area contributed by atoms with Crippen LogP contribution in [-0.2, 0) is 0 Å². The molecular formula is C28H40. The van der Waals surface area contributed by atoms with Gasteiger partial charge in [0, 0.05) is 0 Å². The quantitative estimate of drug-likeness (QED) is 0.465. The smallest absolute Gasteiger partial charge is 0.0102 e. The van der Waals surface area contributed by atoms with Crippen LogP contribution in [0.2, 0.25) is 0 Å². The molecule has 0 amide bonds. The lowest BCUT2D eigenvalue weighted by Crippen LogP contribution is -2.25. The van der Waals surface area contributed by atoms with E-state index in [9.17, 15) is 0 Å². The second kappa shape index (κ2) is 10.3. The molecule has 0 nitrogen and oxygen atoms in total. The number of hydrogen-bond acceptors (Lipinski definition) is 0. The zero-order chi connectivity index (χ0) is 19.9. The van der Waals surface area contributed by atoms with Gasteiger partial charge in [0.25, 0.3) is 0 Å². The number of rotatable bonds is 3. The van der Waals surface area contributed by atoms with Gasteiger partial charge in [-0.1, -0.05) is 53.6 Å². The largest absolute Gasteiger partial charge is 0.103 e. The summed E-state index contributed by atoms with van der Waals surface area (Å²) in [4.78, 5) is 0. The van der Waals surface area contributed by atoms with E-state index < -0.39 is 0 Å². The Hall–Kier alpha value is -1.56. The molecule has 2 saturated carbocycles. The maximum atomic E-state index is 3.97. The van der Waals surface area contributed by atoms with Crippen molar-refractivity contribution >= 4 is 0 Å². The van der Waals surface area contributed by atoms with Crippen molar-refractivity contribution in [3.05, 3.63) is 71.3 Å². The molecule has 0 saturated heterocycles. The van der Waals surface area contributed by atoms with Gasteiger partial charge in [0.1, 0.15) is 0 Å². The summed E-state index contributed by atoms with van der Waals surface area (Å²) in [5.74, 6) is 3.79. The zero-order valence-electron chi connectivity index (χ0n) is 18.4. The van der Waals surface area contributed by atoms with E-state index in [2.05, 4.69) is 69.8 Å². The Morgan fingerprint density at radius 3 is 1.71 bits per heavy atom. The van der Waals surface area contributed by atoms with Crippen LogP contribution in [0, 0.1) is 37.5 Å². The Labute approximate surface area is 173 Å². The zero-order valence-corrected chi connectivity index (χ0v) is 18.4. The third-order valence-electron chi connectivity index (χ3n) is 7.60. The van der Waals surface area contributed by atoms with Crippen LogP contribution in [0.3, 0.4) is 0 Å². The molecule has 0 N–H and O–H groups in total. The summed E-state index contributed by atoms with van der Waals surface area (Å²) in [7, 11) is 0. The molecule has 0 bridgehead atoms. The van der Waals surface area contributed by atoms with Crippen molar-refractivity contribution in [2.45, 2.75) is 78.6 Å². The van der Waals surface area contributed by atoms with Crippen molar-refractivity contribution in [3.63, 3.8) is 0 Å². The van der Waals surface area contributed by atoms with Crippen molar-refractivity contribution in [2.75, 3.05) is 0 Å². The molecule has 3 aliphatic rings. The summed E-state index contributed by atoms with van der Waals surface area (Å²) in [5, 5.41) is 0. The highest BCUT2D eigenvalue weighted by Crippen LogP contribution is 2.44. The van der Waals surface area contributed by atoms with E-state index in [-0.39, 0.29) is 0 Å².